The van der Waals surface area contributed by atoms with Crippen LogP contribution in [0.25, 0.3) is 0 Å². The van der Waals surface area contributed by atoms with Crippen molar-refractivity contribution in [3.05, 3.63) is 53.7 Å². The number of nitrogens with zero attached hydrogens (tertiary/aromatic N) is 1. The maximum absolute atomic E-state index is 12.4. The van der Waals surface area contributed by atoms with E-state index < -0.39 is 0 Å². The van der Waals surface area contributed by atoms with Crippen molar-refractivity contribution >= 4 is 5.91 Å². The second kappa shape index (κ2) is 6.24. The minimum absolute atomic E-state index is 0.0189. The number of aryl methyl sites for hydroxylation is 1. The van der Waals surface area contributed by atoms with Gasteiger partial charge in [0, 0.05) is 35.4 Å². The maximum atomic E-state index is 12.4. The summed E-state index contributed by atoms with van der Waals surface area (Å²) in [5.41, 5.74) is 1.56. The van der Waals surface area contributed by atoms with Gasteiger partial charge in [-0.1, -0.05) is 6.07 Å². The minimum Gasteiger partial charge on any atom is -0.439 e. The molecule has 2 aliphatic heterocycles. The van der Waals surface area contributed by atoms with Gasteiger partial charge in [0.1, 0.15) is 5.75 Å². The normalized spacial score (nSPS) is 24.8. The third-order valence-corrected chi connectivity index (χ3v) is 4.82. The zero-order valence-corrected chi connectivity index (χ0v) is 13.7. The van der Waals surface area contributed by atoms with Crippen LogP contribution in [0.3, 0.4) is 0 Å². The van der Waals surface area contributed by atoms with Gasteiger partial charge in [-0.25, -0.2) is 4.98 Å². The van der Waals surface area contributed by atoms with Crippen LogP contribution in [0.4, 0.5) is 0 Å². The molecule has 1 amide bonds. The van der Waals surface area contributed by atoms with Crippen molar-refractivity contribution in [1.82, 2.24) is 15.6 Å². The first-order valence-electron chi connectivity index (χ1n) is 8.46. The van der Waals surface area contributed by atoms with Gasteiger partial charge in [-0.15, -0.1) is 0 Å². The average molecular weight is 323 g/mol. The van der Waals surface area contributed by atoms with Crippen LogP contribution < -0.4 is 15.4 Å². The quantitative estimate of drug-likeness (QED) is 0.908. The highest BCUT2D eigenvalue weighted by Crippen LogP contribution is 2.28. The van der Waals surface area contributed by atoms with Crippen molar-refractivity contribution in [3.63, 3.8) is 0 Å². The summed E-state index contributed by atoms with van der Waals surface area (Å²) < 4.78 is 5.71. The molecule has 0 radical (unpaired) electrons. The molecule has 1 aromatic heterocycles. The summed E-state index contributed by atoms with van der Waals surface area (Å²) in [6.07, 6.45) is 3.43. The number of carbonyl (C=O) groups excluding carboxylic acids is 1. The molecule has 2 aliphatic rings. The predicted molar refractivity (Wildman–Crippen MR) is 91.3 cm³/mol. The molecule has 0 spiro atoms. The summed E-state index contributed by atoms with van der Waals surface area (Å²) in [5, 5.41) is 6.68. The predicted octanol–water partition coefficient (Wildman–Crippen LogP) is 2.81. The highest BCUT2D eigenvalue weighted by molar-refractivity contribution is 5.94. The van der Waals surface area contributed by atoms with E-state index in [0.29, 0.717) is 29.3 Å². The van der Waals surface area contributed by atoms with Gasteiger partial charge in [0.2, 0.25) is 5.88 Å². The lowest BCUT2D eigenvalue weighted by Gasteiger charge is -2.21. The number of hydrogen-bond donors (Lipinski definition) is 2. The van der Waals surface area contributed by atoms with Gasteiger partial charge >= 0.3 is 0 Å². The second-order valence-corrected chi connectivity index (χ2v) is 6.61. The van der Waals surface area contributed by atoms with Crippen LogP contribution >= 0.6 is 0 Å². The first-order valence-corrected chi connectivity index (χ1v) is 8.46. The molecule has 2 bridgehead atoms. The Hall–Kier alpha value is -2.40. The van der Waals surface area contributed by atoms with Gasteiger partial charge < -0.3 is 15.4 Å². The van der Waals surface area contributed by atoms with Crippen molar-refractivity contribution in [3.8, 4) is 11.6 Å². The molecule has 24 heavy (non-hydrogen) atoms. The van der Waals surface area contributed by atoms with E-state index in [4.69, 9.17) is 4.74 Å². The standard InChI is InChI=1S/C19H21N3O2/c1-12-3-2-4-18(20-12)24-15-8-5-13(6-9-15)19(23)22-17-11-14-7-10-16(17)21-14/h2-6,8-9,14,16-17,21H,7,10-11H2,1H3,(H,22,23). The number of aromatic nitrogens is 1. The molecular weight excluding hydrogens is 302 g/mol. The third-order valence-electron chi connectivity index (χ3n) is 4.82. The summed E-state index contributed by atoms with van der Waals surface area (Å²) in [5.74, 6) is 1.21. The van der Waals surface area contributed by atoms with E-state index in [0.717, 1.165) is 18.5 Å². The van der Waals surface area contributed by atoms with E-state index in [1.807, 2.05) is 25.1 Å². The van der Waals surface area contributed by atoms with Crippen LogP contribution in [0.15, 0.2) is 42.5 Å². The number of amides is 1. The Kier molecular flexibility index (Phi) is 3.94. The van der Waals surface area contributed by atoms with E-state index in [9.17, 15) is 4.79 Å². The Morgan fingerprint density at radius 1 is 1.21 bits per heavy atom. The fourth-order valence-corrected chi connectivity index (χ4v) is 3.61. The second-order valence-electron chi connectivity index (χ2n) is 6.61. The SMILES string of the molecule is Cc1cccc(Oc2ccc(C(=O)NC3CC4CCC3N4)cc2)n1. The maximum Gasteiger partial charge on any atom is 0.251 e. The van der Waals surface area contributed by atoms with Crippen molar-refractivity contribution in [2.75, 3.05) is 0 Å². The summed E-state index contributed by atoms with van der Waals surface area (Å²) in [4.78, 5) is 16.7. The Labute approximate surface area is 141 Å². The van der Waals surface area contributed by atoms with Gasteiger partial charge in [-0.2, -0.15) is 0 Å². The fourth-order valence-electron chi connectivity index (χ4n) is 3.61. The number of carbonyl (C=O) groups is 1. The van der Waals surface area contributed by atoms with Crippen molar-refractivity contribution in [2.45, 2.75) is 44.3 Å². The van der Waals surface area contributed by atoms with Gasteiger partial charge in [0.15, 0.2) is 0 Å². The molecule has 3 heterocycles. The lowest BCUT2D eigenvalue weighted by Crippen LogP contribution is -2.42. The lowest BCUT2D eigenvalue weighted by atomic mass is 9.95. The molecule has 5 nitrogen and oxygen atoms in total. The molecule has 124 valence electrons. The zero-order valence-electron chi connectivity index (χ0n) is 13.7. The van der Waals surface area contributed by atoms with Crippen LogP contribution in [-0.4, -0.2) is 29.0 Å². The number of hydrogen-bond acceptors (Lipinski definition) is 4. The smallest absolute Gasteiger partial charge is 0.251 e. The van der Waals surface area contributed by atoms with Crippen molar-refractivity contribution < 1.29 is 9.53 Å². The van der Waals surface area contributed by atoms with Gasteiger partial charge in [0.05, 0.1) is 0 Å². The third kappa shape index (κ3) is 3.12. The van der Waals surface area contributed by atoms with Crippen molar-refractivity contribution in [1.29, 1.82) is 0 Å². The van der Waals surface area contributed by atoms with Crippen LogP contribution in [0.2, 0.25) is 0 Å². The Balaban J connectivity index is 1.39. The number of pyridine rings is 1. The summed E-state index contributed by atoms with van der Waals surface area (Å²) in [7, 11) is 0. The number of rotatable bonds is 4. The number of benzene rings is 1. The number of nitrogens with one attached hydrogen (secondary N) is 2. The number of ether oxygens (including phenoxy) is 1. The van der Waals surface area contributed by atoms with Crippen LogP contribution in [0, 0.1) is 6.92 Å². The summed E-state index contributed by atoms with van der Waals surface area (Å²) in [6.45, 7) is 1.92. The lowest BCUT2D eigenvalue weighted by molar-refractivity contribution is 0.0931. The zero-order chi connectivity index (χ0) is 16.5. The molecule has 5 heteroatoms. The minimum atomic E-state index is -0.0189. The summed E-state index contributed by atoms with van der Waals surface area (Å²) >= 11 is 0. The first kappa shape index (κ1) is 15.1. The molecule has 0 saturated carbocycles. The molecule has 3 atom stereocenters. The first-order chi connectivity index (χ1) is 11.7. The molecule has 3 unspecified atom stereocenters. The van der Waals surface area contributed by atoms with E-state index >= 15 is 0 Å². The van der Waals surface area contributed by atoms with Crippen LogP contribution in [-0.2, 0) is 0 Å². The monoisotopic (exact) mass is 323 g/mol. The van der Waals surface area contributed by atoms with E-state index in [1.165, 1.54) is 6.42 Å². The largest absolute Gasteiger partial charge is 0.439 e. The van der Waals surface area contributed by atoms with Crippen molar-refractivity contribution in [2.24, 2.45) is 0 Å². The summed E-state index contributed by atoms with van der Waals surface area (Å²) in [6, 6.07) is 14.1. The fraction of sp³-hybridized carbons (Fsp3) is 0.368. The molecule has 2 saturated heterocycles. The Morgan fingerprint density at radius 3 is 2.71 bits per heavy atom. The highest BCUT2D eigenvalue weighted by atomic mass is 16.5. The Morgan fingerprint density at radius 2 is 2.04 bits per heavy atom. The molecule has 2 fully saturated rings. The van der Waals surface area contributed by atoms with E-state index in [2.05, 4.69) is 15.6 Å². The molecule has 0 aliphatic carbocycles. The molecule has 1 aromatic carbocycles. The van der Waals surface area contributed by atoms with Crippen LogP contribution in [0.1, 0.15) is 35.3 Å². The van der Waals surface area contributed by atoms with Gasteiger partial charge in [-0.05, 0) is 56.5 Å². The molecule has 4 rings (SSSR count). The number of fused-ring (bicyclic) bond motifs is 2. The van der Waals surface area contributed by atoms with E-state index in [1.54, 1.807) is 24.3 Å². The van der Waals surface area contributed by atoms with Gasteiger partial charge in [0.25, 0.3) is 5.91 Å². The Bertz CT molecular complexity index is 745. The average Bonchev–Trinajstić information content (AvgIpc) is 3.18. The van der Waals surface area contributed by atoms with E-state index in [-0.39, 0.29) is 11.9 Å². The molecular formula is C19H21N3O2. The molecule has 2 aromatic rings. The topological polar surface area (TPSA) is 63.2 Å². The molecule has 2 N–H and O–H groups in total. The van der Waals surface area contributed by atoms with Gasteiger partial charge in [-0.3, -0.25) is 4.79 Å². The highest BCUT2D eigenvalue weighted by Gasteiger charge is 2.39. The van der Waals surface area contributed by atoms with Crippen LogP contribution in [0.5, 0.6) is 11.6 Å².